The van der Waals surface area contributed by atoms with Gasteiger partial charge in [0.05, 0.1) is 12.6 Å². The summed E-state index contributed by atoms with van der Waals surface area (Å²) in [5, 5.41) is 10.6. The van der Waals surface area contributed by atoms with Crippen LogP contribution in [-0.2, 0) is 24.0 Å². The molecule has 6 atom stereocenters. The highest BCUT2D eigenvalue weighted by molar-refractivity contribution is 5.95. The van der Waals surface area contributed by atoms with E-state index in [-0.39, 0.29) is 30.8 Å². The van der Waals surface area contributed by atoms with Crippen molar-refractivity contribution in [3.05, 3.63) is 0 Å². The summed E-state index contributed by atoms with van der Waals surface area (Å²) >= 11 is 0. The number of nitrogens with zero attached hydrogens (tertiary/aromatic N) is 1. The molecule has 0 aliphatic rings. The van der Waals surface area contributed by atoms with Gasteiger partial charge in [-0.05, 0) is 50.5 Å². The van der Waals surface area contributed by atoms with Crippen molar-refractivity contribution in [1.29, 1.82) is 0 Å². The molecule has 0 aliphatic heterocycles. The minimum atomic E-state index is -0.999. The SMILES string of the molecule is CC[C@H](C)[C@H](NC(=O)[C@H](CCCCN)NC(=O)[C@@H](NC(=O)[C@@H](N)CCCN=C(N)N)[C@@H](C)CC)C(=O)NCC(N)=O. The molecule has 0 aliphatic carbocycles. The molecular formula is C26H52N10O5. The summed E-state index contributed by atoms with van der Waals surface area (Å²) < 4.78 is 0. The fraction of sp³-hybridized carbons (Fsp3) is 0.769. The standard InChI is InChI=1S/C26H52N10O5/c1-5-15(3)20(24(40)33-14-19(29)37)36-23(39)18(11-7-8-12-27)34-25(41)21(16(4)6-2)35-22(38)17(28)10-9-13-32-26(30)31/h15-18,20-21H,5-14,27-28H2,1-4H3,(H2,29,37)(H,33,40)(H,34,41)(H,35,38)(H,36,39)(H4,30,31,32)/t15-,16-,17-,18-,20-,21-/m0/s1. The van der Waals surface area contributed by atoms with Gasteiger partial charge in [-0.1, -0.05) is 40.5 Å². The lowest BCUT2D eigenvalue weighted by Gasteiger charge is -2.29. The quantitative estimate of drug-likeness (QED) is 0.0396. The molecule has 0 heterocycles. The second-order valence-electron chi connectivity index (χ2n) is 10.3. The maximum atomic E-state index is 13.4. The van der Waals surface area contributed by atoms with Crippen LogP contribution in [-0.4, -0.2) is 79.3 Å². The Labute approximate surface area is 242 Å². The van der Waals surface area contributed by atoms with Crippen molar-refractivity contribution in [3.8, 4) is 0 Å². The molecular weight excluding hydrogens is 532 g/mol. The van der Waals surface area contributed by atoms with Crippen LogP contribution >= 0.6 is 0 Å². The van der Waals surface area contributed by atoms with E-state index in [4.69, 9.17) is 28.7 Å². The van der Waals surface area contributed by atoms with Crippen molar-refractivity contribution in [2.75, 3.05) is 19.6 Å². The summed E-state index contributed by atoms with van der Waals surface area (Å²) in [4.78, 5) is 67.3. The molecule has 15 nitrogen and oxygen atoms in total. The van der Waals surface area contributed by atoms with Crippen LogP contribution in [0.1, 0.15) is 72.6 Å². The van der Waals surface area contributed by atoms with E-state index in [0.29, 0.717) is 51.6 Å². The van der Waals surface area contributed by atoms with Gasteiger partial charge in [0.1, 0.15) is 18.1 Å². The average molecular weight is 585 g/mol. The highest BCUT2D eigenvalue weighted by Gasteiger charge is 2.33. The van der Waals surface area contributed by atoms with Gasteiger partial charge in [-0.15, -0.1) is 0 Å². The van der Waals surface area contributed by atoms with E-state index in [0.717, 1.165) is 0 Å². The predicted molar refractivity (Wildman–Crippen MR) is 158 cm³/mol. The number of hydrogen-bond donors (Lipinski definition) is 9. The normalized spacial score (nSPS) is 15.3. The minimum Gasteiger partial charge on any atom is -0.370 e. The molecule has 0 saturated heterocycles. The van der Waals surface area contributed by atoms with Crippen LogP contribution in [0.3, 0.4) is 0 Å². The largest absolute Gasteiger partial charge is 0.370 e. The Bertz CT molecular complexity index is 881. The first-order valence-corrected chi connectivity index (χ1v) is 14.3. The molecule has 0 aromatic rings. The second kappa shape index (κ2) is 20.4. The number of primary amides is 1. The van der Waals surface area contributed by atoms with Crippen LogP contribution in [0.15, 0.2) is 4.99 Å². The number of carbonyl (C=O) groups is 5. The van der Waals surface area contributed by atoms with E-state index < -0.39 is 53.7 Å². The van der Waals surface area contributed by atoms with Crippen molar-refractivity contribution >= 4 is 35.5 Å². The lowest BCUT2D eigenvalue weighted by atomic mass is 9.96. The summed E-state index contributed by atoms with van der Waals surface area (Å²) in [6, 6.07) is -3.79. The van der Waals surface area contributed by atoms with Gasteiger partial charge < -0.3 is 49.9 Å². The van der Waals surface area contributed by atoms with Crippen molar-refractivity contribution in [3.63, 3.8) is 0 Å². The summed E-state index contributed by atoms with van der Waals surface area (Å²) in [5.74, 6) is -3.50. The number of nitrogens with one attached hydrogen (secondary N) is 4. The minimum absolute atomic E-state index is 0.0525. The first kappa shape index (κ1) is 37.5. The Morgan fingerprint density at radius 1 is 0.732 bits per heavy atom. The molecule has 0 saturated carbocycles. The van der Waals surface area contributed by atoms with E-state index in [1.54, 1.807) is 13.8 Å². The Hall–Kier alpha value is -3.46. The van der Waals surface area contributed by atoms with Crippen molar-refractivity contribution in [2.45, 2.75) is 96.8 Å². The first-order chi connectivity index (χ1) is 19.3. The van der Waals surface area contributed by atoms with Gasteiger partial charge in [0.2, 0.25) is 29.5 Å². The number of hydrogen-bond acceptors (Lipinski definition) is 8. The molecule has 0 rings (SSSR count). The Balaban J connectivity index is 5.69. The van der Waals surface area contributed by atoms with E-state index in [2.05, 4.69) is 26.3 Å². The third kappa shape index (κ3) is 15.2. The fourth-order valence-corrected chi connectivity index (χ4v) is 3.88. The van der Waals surface area contributed by atoms with Crippen molar-refractivity contribution in [1.82, 2.24) is 21.3 Å². The summed E-state index contributed by atoms with van der Waals surface area (Å²) in [5.41, 5.74) is 27.4. The molecule has 0 aromatic carbocycles. The Morgan fingerprint density at radius 2 is 1.29 bits per heavy atom. The molecule has 236 valence electrons. The smallest absolute Gasteiger partial charge is 0.243 e. The van der Waals surface area contributed by atoms with Gasteiger partial charge in [0, 0.05) is 6.54 Å². The molecule has 0 fully saturated rings. The van der Waals surface area contributed by atoms with Crippen LogP contribution in [0.5, 0.6) is 0 Å². The zero-order valence-electron chi connectivity index (χ0n) is 24.9. The molecule has 41 heavy (non-hydrogen) atoms. The summed E-state index contributed by atoms with van der Waals surface area (Å²) in [6.45, 7) is 7.67. The number of guanidine groups is 1. The van der Waals surface area contributed by atoms with Crippen LogP contribution in [0, 0.1) is 11.8 Å². The number of amides is 5. The van der Waals surface area contributed by atoms with Gasteiger partial charge in [-0.2, -0.15) is 0 Å². The first-order valence-electron chi connectivity index (χ1n) is 14.3. The monoisotopic (exact) mass is 584 g/mol. The topological polar surface area (TPSA) is 276 Å². The number of rotatable bonds is 21. The molecule has 0 spiro atoms. The Morgan fingerprint density at radius 3 is 1.80 bits per heavy atom. The van der Waals surface area contributed by atoms with Crippen molar-refractivity contribution in [2.24, 2.45) is 45.5 Å². The third-order valence-electron chi connectivity index (χ3n) is 6.91. The Kier molecular flexibility index (Phi) is 18.7. The van der Waals surface area contributed by atoms with Gasteiger partial charge >= 0.3 is 0 Å². The number of aliphatic imine (C=N–C) groups is 1. The van der Waals surface area contributed by atoms with Gasteiger partial charge in [0.15, 0.2) is 5.96 Å². The second-order valence-corrected chi connectivity index (χ2v) is 10.3. The predicted octanol–water partition coefficient (Wildman–Crippen LogP) is -2.36. The molecule has 14 N–H and O–H groups in total. The maximum absolute atomic E-state index is 13.4. The molecule has 0 bridgehead atoms. The van der Waals surface area contributed by atoms with E-state index in [1.807, 2.05) is 13.8 Å². The highest BCUT2D eigenvalue weighted by atomic mass is 16.2. The van der Waals surface area contributed by atoms with E-state index in [1.165, 1.54) is 0 Å². The summed E-state index contributed by atoms with van der Waals surface area (Å²) in [7, 11) is 0. The average Bonchev–Trinajstić information content (AvgIpc) is 2.93. The van der Waals surface area contributed by atoms with Crippen LogP contribution in [0.4, 0.5) is 0 Å². The van der Waals surface area contributed by atoms with Gasteiger partial charge in [-0.3, -0.25) is 29.0 Å². The zero-order chi connectivity index (χ0) is 31.5. The van der Waals surface area contributed by atoms with Gasteiger partial charge in [0.25, 0.3) is 0 Å². The molecule has 15 heteroatoms. The van der Waals surface area contributed by atoms with Crippen molar-refractivity contribution < 1.29 is 24.0 Å². The summed E-state index contributed by atoms with van der Waals surface area (Å²) in [6.07, 6.45) is 3.32. The number of nitrogens with two attached hydrogens (primary N) is 5. The lowest BCUT2D eigenvalue weighted by Crippen LogP contribution is -2.60. The van der Waals surface area contributed by atoms with Crippen LogP contribution in [0.25, 0.3) is 0 Å². The molecule has 5 amide bonds. The van der Waals surface area contributed by atoms with Gasteiger partial charge in [-0.25, -0.2) is 0 Å². The molecule has 0 radical (unpaired) electrons. The fourth-order valence-electron chi connectivity index (χ4n) is 3.88. The highest BCUT2D eigenvalue weighted by Crippen LogP contribution is 2.12. The lowest BCUT2D eigenvalue weighted by molar-refractivity contribution is -0.135. The maximum Gasteiger partial charge on any atom is 0.243 e. The molecule has 0 aromatic heterocycles. The zero-order valence-corrected chi connectivity index (χ0v) is 24.9. The molecule has 0 unspecified atom stereocenters. The van der Waals surface area contributed by atoms with E-state index in [9.17, 15) is 24.0 Å². The van der Waals surface area contributed by atoms with E-state index >= 15 is 0 Å². The van der Waals surface area contributed by atoms with Crippen LogP contribution < -0.4 is 49.9 Å². The van der Waals surface area contributed by atoms with Crippen LogP contribution in [0.2, 0.25) is 0 Å². The number of unbranched alkanes of at least 4 members (excludes halogenated alkanes) is 1. The third-order valence-corrected chi connectivity index (χ3v) is 6.91. The number of carbonyl (C=O) groups excluding carboxylic acids is 5.